The fraction of sp³-hybridized carbons (Fsp3) is 0. The first kappa shape index (κ1) is 450. The molecule has 0 aliphatic carbocycles. The molecule has 0 aromatic heterocycles. The Morgan fingerprint density at radius 3 is 0.300 bits per heavy atom. The molecule has 0 aliphatic heterocycles. The quantitative estimate of drug-likeness (QED) is 0.426. The molecule has 0 aromatic rings. The van der Waals surface area contributed by atoms with Gasteiger partial charge in [-0.15, -0.1) is 37.2 Å². The Bertz CT molecular complexity index is 13.0. The molecule has 0 fully saturated rings. The maximum absolute atomic E-state index is 0. The molecule has 0 bridgehead atoms. The minimum Gasteiger partial charge on any atom is -0.412 e. The molecule has 10 heteroatoms. The molecule has 0 rings (SSSR count). The second-order valence-corrected chi connectivity index (χ2v) is 0. The third-order valence-corrected chi connectivity index (χ3v) is 0. The first-order valence-corrected chi connectivity index (χ1v) is 0. The van der Waals surface area contributed by atoms with Crippen molar-refractivity contribution in [3.63, 3.8) is 0 Å². The van der Waals surface area contributed by atoms with E-state index in [1.54, 1.807) is 0 Å². The van der Waals surface area contributed by atoms with Crippen LogP contribution in [0.1, 0.15) is 0 Å². The second kappa shape index (κ2) is 338. The summed E-state index contributed by atoms with van der Waals surface area (Å²) in [6.07, 6.45) is 0. The summed E-state index contributed by atoms with van der Waals surface area (Å²) in [6, 6.07) is 0. The Morgan fingerprint density at radius 1 is 0.300 bits per heavy atom. The second-order valence-electron chi connectivity index (χ2n) is 0. The molecule has 0 saturated carbocycles. The van der Waals surface area contributed by atoms with Crippen LogP contribution in [0.15, 0.2) is 0 Å². The van der Waals surface area contributed by atoms with Gasteiger partial charge in [-0.25, -0.2) is 0 Å². The molecule has 0 saturated heterocycles. The van der Waals surface area contributed by atoms with Crippen LogP contribution < -0.4 is 0 Å². The van der Waals surface area contributed by atoms with Crippen molar-refractivity contribution < 1.29 is 65.6 Å². The van der Waals surface area contributed by atoms with Gasteiger partial charge in [0.2, 0.25) is 0 Å². The average molecular weight is 306 g/mol. The van der Waals surface area contributed by atoms with Gasteiger partial charge in [0.1, 0.15) is 0 Å². The molecule has 0 spiro atoms. The number of halogens is 3. The normalized spacial score (nSPS) is 0. The summed E-state index contributed by atoms with van der Waals surface area (Å²) < 4.78 is 0. The molecular formula is H15Cl3O6Y. The van der Waals surface area contributed by atoms with Gasteiger partial charge in [0, 0.05) is 32.7 Å². The minimum absolute atomic E-state index is 0. The molecule has 12 N–H and O–H groups in total. The maximum atomic E-state index is 0. The maximum Gasteiger partial charge on any atom is 0 e. The summed E-state index contributed by atoms with van der Waals surface area (Å²) in [5.74, 6) is 0. The zero-order valence-corrected chi connectivity index (χ0v) is 10.1. The van der Waals surface area contributed by atoms with Crippen LogP contribution in [0.4, 0.5) is 0 Å². The average Bonchev–Trinajstić information content (AvgIpc) is 0. The largest absolute Gasteiger partial charge is 0.412 e. The third kappa shape index (κ3) is 247. The van der Waals surface area contributed by atoms with Gasteiger partial charge in [0.25, 0.3) is 0 Å². The van der Waals surface area contributed by atoms with Gasteiger partial charge in [0.05, 0.1) is 0 Å². The fourth-order valence-corrected chi connectivity index (χ4v) is 0. The monoisotopic (exact) mass is 305 g/mol. The SMILES string of the molecule is Cl.Cl.Cl.O.O.O.O.O.O.[Y]. The van der Waals surface area contributed by atoms with Crippen molar-refractivity contribution in [3.05, 3.63) is 0 Å². The van der Waals surface area contributed by atoms with Gasteiger partial charge in [-0.05, 0) is 0 Å². The van der Waals surface area contributed by atoms with E-state index in [0.29, 0.717) is 0 Å². The fourth-order valence-electron chi connectivity index (χ4n) is 0. The van der Waals surface area contributed by atoms with Crippen molar-refractivity contribution >= 4 is 37.2 Å². The zero-order chi connectivity index (χ0) is 0. The van der Waals surface area contributed by atoms with Crippen molar-refractivity contribution in [1.29, 1.82) is 0 Å². The van der Waals surface area contributed by atoms with Gasteiger partial charge in [-0.3, -0.25) is 0 Å². The summed E-state index contributed by atoms with van der Waals surface area (Å²) in [5.41, 5.74) is 0. The van der Waals surface area contributed by atoms with E-state index in [4.69, 9.17) is 0 Å². The Kier molecular flexibility index (Phi) is 15200. The minimum atomic E-state index is 0. The number of hydrogen-bond acceptors (Lipinski definition) is 0. The van der Waals surface area contributed by atoms with Gasteiger partial charge in [-0.2, -0.15) is 0 Å². The van der Waals surface area contributed by atoms with E-state index in [1.807, 2.05) is 0 Å². The van der Waals surface area contributed by atoms with Crippen LogP contribution >= 0.6 is 37.2 Å². The summed E-state index contributed by atoms with van der Waals surface area (Å²) in [7, 11) is 0. The topological polar surface area (TPSA) is 189 Å². The predicted octanol–water partition coefficient (Wildman–Crippen LogP) is -3.69. The molecule has 10 heavy (non-hydrogen) atoms. The van der Waals surface area contributed by atoms with Crippen LogP contribution in [0.2, 0.25) is 0 Å². The third-order valence-electron chi connectivity index (χ3n) is 0. The summed E-state index contributed by atoms with van der Waals surface area (Å²) in [6.45, 7) is 0. The van der Waals surface area contributed by atoms with Crippen molar-refractivity contribution in [1.82, 2.24) is 0 Å². The molecular weight excluding hydrogens is 291 g/mol. The Hall–Kier alpha value is 1.73. The van der Waals surface area contributed by atoms with Crippen molar-refractivity contribution in [2.24, 2.45) is 0 Å². The standard InChI is InChI=1S/3ClH.6H2O.Y/h3*1H;6*1H2;. The van der Waals surface area contributed by atoms with E-state index in [1.165, 1.54) is 0 Å². The van der Waals surface area contributed by atoms with Crippen LogP contribution in [-0.4, -0.2) is 32.9 Å². The Labute approximate surface area is 102 Å². The first-order chi connectivity index (χ1) is 0. The van der Waals surface area contributed by atoms with Crippen LogP contribution in [0, 0.1) is 0 Å². The molecule has 0 unspecified atom stereocenters. The van der Waals surface area contributed by atoms with Crippen molar-refractivity contribution in [2.45, 2.75) is 0 Å². The van der Waals surface area contributed by atoms with Crippen molar-refractivity contribution in [2.75, 3.05) is 0 Å². The summed E-state index contributed by atoms with van der Waals surface area (Å²) >= 11 is 0. The van der Waals surface area contributed by atoms with Gasteiger partial charge >= 0.3 is 0 Å². The molecule has 0 heterocycles. The predicted molar refractivity (Wildman–Crippen MR) is 43.4 cm³/mol. The van der Waals surface area contributed by atoms with Crippen LogP contribution in [0.5, 0.6) is 0 Å². The van der Waals surface area contributed by atoms with E-state index >= 15 is 0 Å². The molecule has 0 aromatic carbocycles. The van der Waals surface area contributed by atoms with Gasteiger partial charge in [-0.1, -0.05) is 0 Å². The van der Waals surface area contributed by atoms with Gasteiger partial charge in [0.15, 0.2) is 0 Å². The van der Waals surface area contributed by atoms with E-state index in [9.17, 15) is 0 Å². The Balaban J connectivity index is 0. The molecule has 6 nitrogen and oxygen atoms in total. The molecule has 0 amide bonds. The Morgan fingerprint density at radius 2 is 0.300 bits per heavy atom. The smallest absolute Gasteiger partial charge is 0 e. The summed E-state index contributed by atoms with van der Waals surface area (Å²) in [5, 5.41) is 0. The van der Waals surface area contributed by atoms with Crippen molar-refractivity contribution in [3.8, 4) is 0 Å². The van der Waals surface area contributed by atoms with E-state index < -0.39 is 0 Å². The molecule has 0 atom stereocenters. The molecule has 0 aliphatic rings. The van der Waals surface area contributed by atoms with Crippen LogP contribution in [0.25, 0.3) is 0 Å². The zero-order valence-electron chi connectivity index (χ0n) is 4.80. The first-order valence-electron chi connectivity index (χ1n) is 0. The number of rotatable bonds is 0. The number of hydrogen-bond donors (Lipinski definition) is 0. The molecule has 1 radical (unpaired) electrons. The van der Waals surface area contributed by atoms with E-state index in [-0.39, 0.29) is 103 Å². The van der Waals surface area contributed by atoms with E-state index in [2.05, 4.69) is 0 Å². The van der Waals surface area contributed by atoms with Crippen LogP contribution in [-0.2, 0) is 32.7 Å². The molecule has 75 valence electrons. The van der Waals surface area contributed by atoms with Gasteiger partial charge < -0.3 is 32.9 Å². The van der Waals surface area contributed by atoms with Crippen LogP contribution in [0.3, 0.4) is 0 Å². The van der Waals surface area contributed by atoms with E-state index in [0.717, 1.165) is 0 Å². The summed E-state index contributed by atoms with van der Waals surface area (Å²) in [4.78, 5) is 0.